The van der Waals surface area contributed by atoms with Crippen LogP contribution in [0.4, 0.5) is 4.79 Å². The predicted octanol–water partition coefficient (Wildman–Crippen LogP) is 2.72. The number of amides is 2. The number of hydrogen-bond donors (Lipinski definition) is 2. The third kappa shape index (κ3) is 6.38. The zero-order chi connectivity index (χ0) is 19.3. The number of hydrogen-bond acceptors (Lipinski definition) is 4. The van der Waals surface area contributed by atoms with Crippen LogP contribution in [0.2, 0.25) is 0 Å². The molecule has 2 rings (SSSR count). The predicted molar refractivity (Wildman–Crippen MR) is 95.5 cm³/mol. The van der Waals surface area contributed by atoms with E-state index in [1.807, 2.05) is 6.07 Å². The van der Waals surface area contributed by atoms with Crippen molar-refractivity contribution >= 4 is 18.0 Å². The summed E-state index contributed by atoms with van der Waals surface area (Å²) < 4.78 is 5.37. The van der Waals surface area contributed by atoms with Gasteiger partial charge in [0.2, 0.25) is 5.91 Å². The molecule has 0 aromatic heterocycles. The minimum atomic E-state index is -1.01. The van der Waals surface area contributed by atoms with Crippen LogP contribution in [0, 0.1) is 0 Å². The Morgan fingerprint density at radius 3 is 2.35 bits per heavy atom. The molecule has 0 heterocycles. The summed E-state index contributed by atoms with van der Waals surface area (Å²) >= 11 is 0. The highest BCUT2D eigenvalue weighted by Crippen LogP contribution is 2.28. The first-order valence-electron chi connectivity index (χ1n) is 8.71. The van der Waals surface area contributed by atoms with Crippen molar-refractivity contribution in [3.05, 3.63) is 35.9 Å². The maximum absolute atomic E-state index is 12.5. The second-order valence-electron chi connectivity index (χ2n) is 7.47. The van der Waals surface area contributed by atoms with E-state index in [4.69, 9.17) is 9.84 Å². The number of rotatable bonds is 7. The standard InChI is InChI=1S/C19H26N2O5/c1-19(2,3)26-18(25)21(14-9-10-14)12-16(22)20-15(11-17(23)24)13-7-5-4-6-8-13/h4-8,14-15H,9-12H2,1-3H3,(H,20,22)(H,23,24). The number of nitrogens with one attached hydrogen (secondary N) is 1. The second-order valence-corrected chi connectivity index (χ2v) is 7.47. The van der Waals surface area contributed by atoms with Crippen molar-refractivity contribution in [2.45, 2.75) is 57.7 Å². The Morgan fingerprint density at radius 2 is 1.85 bits per heavy atom. The summed E-state index contributed by atoms with van der Waals surface area (Å²) in [4.78, 5) is 37.4. The lowest BCUT2D eigenvalue weighted by Gasteiger charge is -2.27. The lowest BCUT2D eigenvalue weighted by molar-refractivity contribution is -0.137. The monoisotopic (exact) mass is 362 g/mol. The minimum absolute atomic E-state index is 0.00486. The molecule has 7 nitrogen and oxygen atoms in total. The van der Waals surface area contributed by atoms with Crippen LogP contribution in [0.5, 0.6) is 0 Å². The fraction of sp³-hybridized carbons (Fsp3) is 0.526. The van der Waals surface area contributed by atoms with Crippen LogP contribution in [0.15, 0.2) is 30.3 Å². The quantitative estimate of drug-likeness (QED) is 0.777. The summed E-state index contributed by atoms with van der Waals surface area (Å²) in [5, 5.41) is 11.8. The summed E-state index contributed by atoms with van der Waals surface area (Å²) in [6, 6.07) is 8.27. The average Bonchev–Trinajstić information content (AvgIpc) is 3.35. The van der Waals surface area contributed by atoms with E-state index < -0.39 is 29.6 Å². The van der Waals surface area contributed by atoms with Gasteiger partial charge in [-0.1, -0.05) is 30.3 Å². The van der Waals surface area contributed by atoms with Gasteiger partial charge in [-0.15, -0.1) is 0 Å². The zero-order valence-corrected chi connectivity index (χ0v) is 15.4. The molecule has 0 spiro atoms. The first kappa shape index (κ1) is 19.8. The SMILES string of the molecule is CC(C)(C)OC(=O)N(CC(=O)NC(CC(=O)O)c1ccccc1)C1CC1. The molecule has 0 saturated heterocycles. The lowest BCUT2D eigenvalue weighted by atomic mass is 10.0. The van der Waals surface area contributed by atoms with Crippen LogP contribution in [-0.2, 0) is 14.3 Å². The van der Waals surface area contributed by atoms with Gasteiger partial charge in [0.05, 0.1) is 12.5 Å². The van der Waals surface area contributed by atoms with Crippen LogP contribution in [0.3, 0.4) is 0 Å². The molecule has 1 unspecified atom stereocenters. The summed E-state index contributed by atoms with van der Waals surface area (Å²) in [6.45, 7) is 5.17. The third-order valence-corrected chi connectivity index (χ3v) is 3.85. The van der Waals surface area contributed by atoms with Crippen LogP contribution >= 0.6 is 0 Å². The largest absolute Gasteiger partial charge is 0.481 e. The zero-order valence-electron chi connectivity index (χ0n) is 15.4. The molecule has 0 radical (unpaired) electrons. The van der Waals surface area contributed by atoms with Crippen LogP contribution in [-0.4, -0.2) is 46.2 Å². The highest BCUT2D eigenvalue weighted by Gasteiger charge is 2.36. The summed E-state index contributed by atoms with van der Waals surface area (Å²) in [5.41, 5.74) is 0.0647. The number of carboxylic acid groups (broad SMARTS) is 1. The highest BCUT2D eigenvalue weighted by atomic mass is 16.6. The number of ether oxygens (including phenoxy) is 1. The number of carboxylic acids is 1. The minimum Gasteiger partial charge on any atom is -0.481 e. The van der Waals surface area contributed by atoms with E-state index in [0.717, 1.165) is 12.8 Å². The van der Waals surface area contributed by atoms with Gasteiger partial charge in [-0.3, -0.25) is 14.5 Å². The van der Waals surface area contributed by atoms with Crippen LogP contribution in [0.1, 0.15) is 51.6 Å². The van der Waals surface area contributed by atoms with Crippen molar-refractivity contribution < 1.29 is 24.2 Å². The van der Waals surface area contributed by atoms with Crippen molar-refractivity contribution in [2.24, 2.45) is 0 Å². The molecule has 1 saturated carbocycles. The van der Waals surface area contributed by atoms with Crippen molar-refractivity contribution in [1.82, 2.24) is 10.2 Å². The van der Waals surface area contributed by atoms with E-state index in [0.29, 0.717) is 5.56 Å². The Kier molecular flexibility index (Phi) is 6.23. The summed E-state index contributed by atoms with van der Waals surface area (Å²) in [5.74, 6) is -1.41. The molecule has 2 amide bonds. The first-order chi connectivity index (χ1) is 12.2. The highest BCUT2D eigenvalue weighted by molar-refractivity contribution is 5.83. The molecular weight excluding hydrogens is 336 g/mol. The Morgan fingerprint density at radius 1 is 1.23 bits per heavy atom. The van der Waals surface area contributed by atoms with Gasteiger partial charge < -0.3 is 15.2 Å². The molecule has 0 bridgehead atoms. The van der Waals surface area contributed by atoms with Crippen molar-refractivity contribution in [3.63, 3.8) is 0 Å². The summed E-state index contributed by atoms with van der Waals surface area (Å²) in [7, 11) is 0. The third-order valence-electron chi connectivity index (χ3n) is 3.85. The molecule has 0 aliphatic heterocycles. The van der Waals surface area contributed by atoms with Gasteiger partial charge in [0.25, 0.3) is 0 Å². The summed E-state index contributed by atoms with van der Waals surface area (Å²) in [6.07, 6.45) is 0.920. The number of benzene rings is 1. The maximum Gasteiger partial charge on any atom is 0.411 e. The van der Waals surface area contributed by atoms with Crippen molar-refractivity contribution in [2.75, 3.05) is 6.54 Å². The lowest BCUT2D eigenvalue weighted by Crippen LogP contribution is -2.45. The van der Waals surface area contributed by atoms with Gasteiger partial charge in [0.15, 0.2) is 0 Å². The van der Waals surface area contributed by atoms with Gasteiger partial charge in [-0.25, -0.2) is 4.79 Å². The molecule has 1 aromatic rings. The molecule has 142 valence electrons. The second kappa shape index (κ2) is 8.21. The Balaban J connectivity index is 2.03. The number of aliphatic carboxylic acids is 1. The number of nitrogens with zero attached hydrogens (tertiary/aromatic N) is 1. The molecule has 1 fully saturated rings. The van der Waals surface area contributed by atoms with E-state index in [-0.39, 0.29) is 19.0 Å². The van der Waals surface area contributed by atoms with Crippen LogP contribution in [0.25, 0.3) is 0 Å². The molecule has 1 aromatic carbocycles. The number of carbonyl (C=O) groups excluding carboxylic acids is 2. The normalized spacial score (nSPS) is 15.0. The van der Waals surface area contributed by atoms with E-state index in [1.54, 1.807) is 45.0 Å². The van der Waals surface area contributed by atoms with Crippen molar-refractivity contribution in [3.8, 4) is 0 Å². The van der Waals surface area contributed by atoms with Gasteiger partial charge in [0.1, 0.15) is 12.1 Å². The van der Waals surface area contributed by atoms with Crippen molar-refractivity contribution in [1.29, 1.82) is 0 Å². The topological polar surface area (TPSA) is 95.9 Å². The number of carbonyl (C=O) groups is 3. The Labute approximate surface area is 153 Å². The molecular formula is C19H26N2O5. The average molecular weight is 362 g/mol. The Bertz CT molecular complexity index is 650. The molecule has 1 aliphatic carbocycles. The molecule has 2 N–H and O–H groups in total. The fourth-order valence-corrected chi connectivity index (χ4v) is 2.56. The van der Waals surface area contributed by atoms with E-state index in [2.05, 4.69) is 5.32 Å². The van der Waals surface area contributed by atoms with Gasteiger partial charge in [0, 0.05) is 6.04 Å². The molecule has 1 aliphatic rings. The smallest absolute Gasteiger partial charge is 0.411 e. The fourth-order valence-electron chi connectivity index (χ4n) is 2.56. The van der Waals surface area contributed by atoms with Gasteiger partial charge in [-0.2, -0.15) is 0 Å². The Hall–Kier alpha value is -2.57. The van der Waals surface area contributed by atoms with Gasteiger partial charge in [-0.05, 0) is 39.2 Å². The van der Waals surface area contributed by atoms with E-state index in [1.165, 1.54) is 4.90 Å². The van der Waals surface area contributed by atoms with Crippen LogP contribution < -0.4 is 5.32 Å². The molecule has 7 heteroatoms. The maximum atomic E-state index is 12.5. The molecule has 26 heavy (non-hydrogen) atoms. The van der Waals surface area contributed by atoms with Gasteiger partial charge >= 0.3 is 12.1 Å². The first-order valence-corrected chi connectivity index (χ1v) is 8.71. The van der Waals surface area contributed by atoms with E-state index in [9.17, 15) is 14.4 Å². The van der Waals surface area contributed by atoms with E-state index >= 15 is 0 Å². The molecule has 1 atom stereocenters.